The van der Waals surface area contributed by atoms with Gasteiger partial charge >= 0.3 is 0 Å². The third kappa shape index (κ3) is 3.89. The topological polar surface area (TPSA) is 66.4 Å². The molecule has 1 saturated carbocycles. The molecule has 0 spiro atoms. The van der Waals surface area contributed by atoms with Crippen LogP contribution in [0.3, 0.4) is 0 Å². The lowest BCUT2D eigenvalue weighted by molar-refractivity contribution is -0.120. The molecular weight excluding hydrogens is 302 g/mol. The fraction of sp³-hybridized carbons (Fsp3) is 0.300. The van der Waals surface area contributed by atoms with Gasteiger partial charge in [0.1, 0.15) is 0 Å². The fourth-order valence-electron chi connectivity index (χ4n) is 3.21. The van der Waals surface area contributed by atoms with Crippen LogP contribution in [0, 0.1) is 0 Å². The van der Waals surface area contributed by atoms with Crippen molar-refractivity contribution < 1.29 is 14.7 Å². The molecule has 24 heavy (non-hydrogen) atoms. The summed E-state index contributed by atoms with van der Waals surface area (Å²) in [5, 5.41) is 13.1. The Labute approximate surface area is 141 Å². The van der Waals surface area contributed by atoms with Crippen LogP contribution in [0.1, 0.15) is 48.0 Å². The second-order valence-corrected chi connectivity index (χ2v) is 6.43. The predicted molar refractivity (Wildman–Crippen MR) is 93.0 cm³/mol. The van der Waals surface area contributed by atoms with E-state index < -0.39 is 5.60 Å². The summed E-state index contributed by atoms with van der Waals surface area (Å²) in [5.74, 6) is -0.301. The first-order valence-corrected chi connectivity index (χ1v) is 8.28. The van der Waals surface area contributed by atoms with Crippen molar-refractivity contribution in [2.24, 2.45) is 0 Å². The Bertz CT molecular complexity index is 734. The van der Waals surface area contributed by atoms with E-state index in [1.54, 1.807) is 36.4 Å². The minimum atomic E-state index is -0.873. The van der Waals surface area contributed by atoms with Crippen LogP contribution < -0.4 is 5.32 Å². The standard InChI is InChI=1S/C20H21NO3/c22-18(14-20(24)11-4-5-12-20)21-17-10-6-9-16(13-17)19(23)15-7-2-1-3-8-15/h1-3,6-10,13,24H,4-5,11-12,14H2,(H,21,22). The Morgan fingerprint density at radius 3 is 2.33 bits per heavy atom. The zero-order valence-corrected chi connectivity index (χ0v) is 13.5. The van der Waals surface area contributed by atoms with Crippen molar-refractivity contribution in [3.8, 4) is 0 Å². The van der Waals surface area contributed by atoms with E-state index in [-0.39, 0.29) is 18.1 Å². The van der Waals surface area contributed by atoms with Crippen LogP contribution in [0.4, 0.5) is 5.69 Å². The van der Waals surface area contributed by atoms with E-state index in [1.807, 2.05) is 18.2 Å². The van der Waals surface area contributed by atoms with Crippen molar-refractivity contribution >= 4 is 17.4 Å². The zero-order valence-electron chi connectivity index (χ0n) is 13.5. The van der Waals surface area contributed by atoms with Gasteiger partial charge in [0.25, 0.3) is 0 Å². The molecule has 2 aromatic rings. The maximum Gasteiger partial charge on any atom is 0.227 e. The highest BCUT2D eigenvalue weighted by Gasteiger charge is 2.33. The van der Waals surface area contributed by atoms with Gasteiger partial charge in [-0.25, -0.2) is 0 Å². The Morgan fingerprint density at radius 1 is 0.958 bits per heavy atom. The summed E-state index contributed by atoms with van der Waals surface area (Å²) < 4.78 is 0. The number of ketones is 1. The zero-order chi connectivity index (χ0) is 17.0. The van der Waals surface area contributed by atoms with E-state index in [4.69, 9.17) is 0 Å². The number of carbonyl (C=O) groups excluding carboxylic acids is 2. The number of aliphatic hydroxyl groups is 1. The molecule has 2 N–H and O–H groups in total. The summed E-state index contributed by atoms with van der Waals surface area (Å²) in [4.78, 5) is 24.6. The maximum absolute atomic E-state index is 12.5. The van der Waals surface area contributed by atoms with E-state index in [2.05, 4.69) is 5.32 Å². The van der Waals surface area contributed by atoms with Crippen LogP contribution in [0.2, 0.25) is 0 Å². The average molecular weight is 323 g/mol. The first kappa shape index (κ1) is 16.4. The normalized spacial score (nSPS) is 15.9. The van der Waals surface area contributed by atoms with Gasteiger partial charge < -0.3 is 10.4 Å². The Kier molecular flexibility index (Phi) is 4.76. The second-order valence-electron chi connectivity index (χ2n) is 6.43. The SMILES string of the molecule is O=C(CC1(O)CCCC1)Nc1cccc(C(=O)c2ccccc2)c1. The van der Waals surface area contributed by atoms with Crippen LogP contribution >= 0.6 is 0 Å². The third-order valence-electron chi connectivity index (χ3n) is 4.47. The van der Waals surface area contributed by atoms with Gasteiger partial charge in [0.15, 0.2) is 5.78 Å². The number of hydrogen-bond donors (Lipinski definition) is 2. The molecule has 1 aliphatic rings. The van der Waals surface area contributed by atoms with Gasteiger partial charge in [-0.15, -0.1) is 0 Å². The van der Waals surface area contributed by atoms with E-state index in [9.17, 15) is 14.7 Å². The molecule has 1 amide bonds. The number of nitrogens with one attached hydrogen (secondary N) is 1. The van der Waals surface area contributed by atoms with Gasteiger partial charge in [0.05, 0.1) is 12.0 Å². The highest BCUT2D eigenvalue weighted by Crippen LogP contribution is 2.32. The predicted octanol–water partition coefficient (Wildman–Crippen LogP) is 3.55. The first-order chi connectivity index (χ1) is 11.6. The van der Waals surface area contributed by atoms with Crippen molar-refractivity contribution in [2.45, 2.75) is 37.7 Å². The van der Waals surface area contributed by atoms with Crippen LogP contribution in [-0.4, -0.2) is 22.4 Å². The minimum Gasteiger partial charge on any atom is -0.389 e. The molecule has 1 aliphatic carbocycles. The Morgan fingerprint density at radius 2 is 1.62 bits per heavy atom. The number of carbonyl (C=O) groups is 2. The van der Waals surface area contributed by atoms with Gasteiger partial charge in [-0.2, -0.15) is 0 Å². The van der Waals surface area contributed by atoms with Crippen LogP contribution in [0.5, 0.6) is 0 Å². The summed E-state index contributed by atoms with van der Waals surface area (Å²) >= 11 is 0. The molecule has 1 fully saturated rings. The van der Waals surface area contributed by atoms with Gasteiger partial charge in [-0.3, -0.25) is 9.59 Å². The summed E-state index contributed by atoms with van der Waals surface area (Å²) in [6.07, 6.45) is 3.37. The van der Waals surface area contributed by atoms with E-state index in [0.29, 0.717) is 29.7 Å². The molecular formula is C20H21NO3. The molecule has 0 saturated heterocycles. The molecule has 4 heteroatoms. The van der Waals surface area contributed by atoms with Gasteiger partial charge in [0, 0.05) is 16.8 Å². The largest absolute Gasteiger partial charge is 0.389 e. The molecule has 0 heterocycles. The maximum atomic E-state index is 12.5. The molecule has 0 radical (unpaired) electrons. The monoisotopic (exact) mass is 323 g/mol. The van der Waals surface area contributed by atoms with Crippen molar-refractivity contribution in [2.75, 3.05) is 5.32 Å². The van der Waals surface area contributed by atoms with Crippen molar-refractivity contribution in [3.63, 3.8) is 0 Å². The van der Waals surface area contributed by atoms with Gasteiger partial charge in [-0.05, 0) is 25.0 Å². The number of amides is 1. The quantitative estimate of drug-likeness (QED) is 0.827. The van der Waals surface area contributed by atoms with E-state index >= 15 is 0 Å². The fourth-order valence-corrected chi connectivity index (χ4v) is 3.21. The number of anilines is 1. The van der Waals surface area contributed by atoms with Gasteiger partial charge in [-0.1, -0.05) is 55.3 Å². The number of benzene rings is 2. The summed E-state index contributed by atoms with van der Waals surface area (Å²) in [6.45, 7) is 0. The summed E-state index contributed by atoms with van der Waals surface area (Å²) in [6, 6.07) is 15.9. The molecule has 0 aliphatic heterocycles. The highest BCUT2D eigenvalue weighted by atomic mass is 16.3. The molecule has 124 valence electrons. The highest BCUT2D eigenvalue weighted by molar-refractivity contribution is 6.09. The number of rotatable bonds is 5. The molecule has 4 nitrogen and oxygen atoms in total. The third-order valence-corrected chi connectivity index (χ3v) is 4.47. The first-order valence-electron chi connectivity index (χ1n) is 8.28. The molecule has 3 rings (SSSR count). The van der Waals surface area contributed by atoms with Crippen molar-refractivity contribution in [1.29, 1.82) is 0 Å². The smallest absolute Gasteiger partial charge is 0.227 e. The lowest BCUT2D eigenvalue weighted by Gasteiger charge is -2.21. The minimum absolute atomic E-state index is 0.0823. The lowest BCUT2D eigenvalue weighted by Crippen LogP contribution is -2.30. The molecule has 0 atom stereocenters. The van der Waals surface area contributed by atoms with Crippen LogP contribution in [0.15, 0.2) is 54.6 Å². The molecule has 0 unspecified atom stereocenters. The van der Waals surface area contributed by atoms with Crippen molar-refractivity contribution in [3.05, 3.63) is 65.7 Å². The van der Waals surface area contributed by atoms with Crippen molar-refractivity contribution in [1.82, 2.24) is 0 Å². The second kappa shape index (κ2) is 6.97. The Hall–Kier alpha value is -2.46. The van der Waals surface area contributed by atoms with Gasteiger partial charge in [0.2, 0.25) is 5.91 Å². The number of hydrogen-bond acceptors (Lipinski definition) is 3. The molecule has 2 aromatic carbocycles. The summed E-state index contributed by atoms with van der Waals surface area (Å²) in [5.41, 5.74) is 0.838. The molecule has 0 aromatic heterocycles. The van der Waals surface area contributed by atoms with Crippen LogP contribution in [0.25, 0.3) is 0 Å². The molecule has 0 bridgehead atoms. The summed E-state index contributed by atoms with van der Waals surface area (Å²) in [7, 11) is 0. The average Bonchev–Trinajstić information content (AvgIpc) is 3.01. The van der Waals surface area contributed by atoms with E-state index in [0.717, 1.165) is 12.8 Å². The van der Waals surface area contributed by atoms with Crippen LogP contribution in [-0.2, 0) is 4.79 Å². The lowest BCUT2D eigenvalue weighted by atomic mass is 9.97. The van der Waals surface area contributed by atoms with E-state index in [1.165, 1.54) is 0 Å². The Balaban J connectivity index is 1.69.